The lowest BCUT2D eigenvalue weighted by molar-refractivity contribution is 0.838. The highest BCUT2D eigenvalue weighted by Crippen LogP contribution is 2.21. The van der Waals surface area contributed by atoms with Crippen molar-refractivity contribution in [2.24, 2.45) is 5.10 Å². The highest BCUT2D eigenvalue weighted by molar-refractivity contribution is 9.10. The van der Waals surface area contributed by atoms with Crippen LogP contribution in [0.3, 0.4) is 0 Å². The van der Waals surface area contributed by atoms with Crippen LogP contribution in [0, 0.1) is 0 Å². The highest BCUT2D eigenvalue weighted by atomic mass is 79.9. The summed E-state index contributed by atoms with van der Waals surface area (Å²) in [7, 11) is 0. The maximum atomic E-state index is 5.23. The smallest absolute Gasteiger partial charge is 0.186 e. The van der Waals surface area contributed by atoms with Gasteiger partial charge in [0.2, 0.25) is 0 Å². The van der Waals surface area contributed by atoms with Gasteiger partial charge in [0, 0.05) is 33.7 Å². The van der Waals surface area contributed by atoms with Gasteiger partial charge in [0.25, 0.3) is 0 Å². The summed E-state index contributed by atoms with van der Waals surface area (Å²) in [6.45, 7) is 0.769. The topological polar surface area (TPSA) is 52.2 Å². The summed E-state index contributed by atoms with van der Waals surface area (Å²) in [4.78, 5) is 3.22. The van der Waals surface area contributed by atoms with Crippen molar-refractivity contribution in [2.45, 2.75) is 6.42 Å². The zero-order valence-electron chi connectivity index (χ0n) is 12.9. The number of thiocarbonyl (C=S) groups is 1. The summed E-state index contributed by atoms with van der Waals surface area (Å²) in [5.74, 6) is 0. The van der Waals surface area contributed by atoms with Crippen molar-refractivity contribution < 1.29 is 0 Å². The average molecular weight is 401 g/mol. The first-order valence-corrected chi connectivity index (χ1v) is 8.80. The molecule has 122 valence electrons. The molecule has 0 bridgehead atoms. The molecule has 2 aromatic carbocycles. The van der Waals surface area contributed by atoms with Crippen molar-refractivity contribution in [2.75, 3.05) is 6.54 Å². The SMILES string of the molecule is S=C(NCCc1ccccc1)NN=Cc1c[nH]c2ccc(Br)cc12. The molecule has 3 N–H and O–H groups in total. The van der Waals surface area contributed by atoms with E-state index in [9.17, 15) is 0 Å². The first-order chi connectivity index (χ1) is 11.7. The van der Waals surface area contributed by atoms with Gasteiger partial charge in [-0.2, -0.15) is 5.10 Å². The number of hydrogen-bond donors (Lipinski definition) is 3. The fourth-order valence-electron chi connectivity index (χ4n) is 2.39. The Kier molecular flexibility index (Phi) is 5.61. The number of aromatic amines is 1. The number of halogens is 1. The molecule has 4 nitrogen and oxygen atoms in total. The Morgan fingerprint density at radius 3 is 2.88 bits per heavy atom. The molecule has 1 heterocycles. The number of nitrogens with one attached hydrogen (secondary N) is 3. The molecule has 0 fully saturated rings. The van der Waals surface area contributed by atoms with Gasteiger partial charge in [-0.05, 0) is 42.4 Å². The van der Waals surface area contributed by atoms with E-state index in [0.717, 1.165) is 33.9 Å². The van der Waals surface area contributed by atoms with Gasteiger partial charge in [0.05, 0.1) is 6.21 Å². The van der Waals surface area contributed by atoms with Gasteiger partial charge in [0.1, 0.15) is 0 Å². The summed E-state index contributed by atoms with van der Waals surface area (Å²) in [5, 5.41) is 8.98. The first-order valence-electron chi connectivity index (χ1n) is 7.60. The first kappa shape index (κ1) is 16.7. The Labute approximate surface area is 154 Å². The highest BCUT2D eigenvalue weighted by Gasteiger charge is 2.02. The van der Waals surface area contributed by atoms with Crippen LogP contribution in [0.5, 0.6) is 0 Å². The van der Waals surface area contributed by atoms with Crippen LogP contribution in [0.2, 0.25) is 0 Å². The number of hydrazone groups is 1. The Hall–Kier alpha value is -2.18. The van der Waals surface area contributed by atoms with E-state index in [2.05, 4.69) is 55.0 Å². The van der Waals surface area contributed by atoms with E-state index < -0.39 is 0 Å². The molecule has 0 saturated carbocycles. The number of nitrogens with zero attached hydrogens (tertiary/aromatic N) is 1. The molecule has 0 spiro atoms. The monoisotopic (exact) mass is 400 g/mol. The van der Waals surface area contributed by atoms with Crippen molar-refractivity contribution in [3.05, 3.63) is 70.3 Å². The van der Waals surface area contributed by atoms with Gasteiger partial charge in [0.15, 0.2) is 5.11 Å². The minimum Gasteiger partial charge on any atom is -0.361 e. The van der Waals surface area contributed by atoms with Crippen molar-refractivity contribution in [1.29, 1.82) is 0 Å². The van der Waals surface area contributed by atoms with E-state index >= 15 is 0 Å². The second kappa shape index (κ2) is 8.08. The second-order valence-corrected chi connectivity index (χ2v) is 6.62. The predicted molar refractivity (Wildman–Crippen MR) is 107 cm³/mol. The number of fused-ring (bicyclic) bond motifs is 1. The minimum absolute atomic E-state index is 0.517. The van der Waals surface area contributed by atoms with E-state index in [-0.39, 0.29) is 0 Å². The van der Waals surface area contributed by atoms with Crippen LogP contribution >= 0.6 is 28.1 Å². The molecule has 0 atom stereocenters. The molecule has 0 saturated heterocycles. The van der Waals surface area contributed by atoms with E-state index in [1.807, 2.05) is 36.5 Å². The number of rotatable bonds is 5. The molecule has 0 radical (unpaired) electrons. The van der Waals surface area contributed by atoms with E-state index in [4.69, 9.17) is 12.2 Å². The Morgan fingerprint density at radius 1 is 1.21 bits per heavy atom. The van der Waals surface area contributed by atoms with Gasteiger partial charge >= 0.3 is 0 Å². The quantitative estimate of drug-likeness (QED) is 0.345. The lowest BCUT2D eigenvalue weighted by Gasteiger charge is -2.06. The van der Waals surface area contributed by atoms with Gasteiger partial charge in [-0.3, -0.25) is 5.43 Å². The zero-order valence-corrected chi connectivity index (χ0v) is 15.3. The number of hydrogen-bond acceptors (Lipinski definition) is 2. The van der Waals surface area contributed by atoms with Crippen LogP contribution in [-0.2, 0) is 6.42 Å². The average Bonchev–Trinajstić information content (AvgIpc) is 2.98. The lowest BCUT2D eigenvalue weighted by Crippen LogP contribution is -2.33. The van der Waals surface area contributed by atoms with Gasteiger partial charge < -0.3 is 10.3 Å². The molecule has 1 aromatic heterocycles. The molecule has 24 heavy (non-hydrogen) atoms. The number of benzene rings is 2. The molecule has 0 amide bonds. The normalized spacial score (nSPS) is 11.0. The molecule has 0 aliphatic carbocycles. The van der Waals surface area contributed by atoms with Crippen LogP contribution in [0.15, 0.2) is 64.3 Å². The molecule has 0 aliphatic heterocycles. The van der Waals surface area contributed by atoms with Crippen LogP contribution in [0.1, 0.15) is 11.1 Å². The van der Waals surface area contributed by atoms with Gasteiger partial charge in [-0.15, -0.1) is 0 Å². The standard InChI is InChI=1S/C18H17BrN4S/c19-15-6-7-17-16(10-15)14(11-21-17)12-22-23-18(24)20-9-8-13-4-2-1-3-5-13/h1-7,10-12,21H,8-9H2,(H2,20,23,24). The van der Waals surface area contributed by atoms with E-state index in [1.165, 1.54) is 5.56 Å². The Balaban J connectivity index is 1.50. The predicted octanol–water partition coefficient (Wildman–Crippen LogP) is 3.97. The van der Waals surface area contributed by atoms with E-state index in [1.54, 1.807) is 6.21 Å². The molecule has 6 heteroatoms. The van der Waals surface area contributed by atoms with Crippen LogP contribution in [0.4, 0.5) is 0 Å². The third-order valence-electron chi connectivity index (χ3n) is 3.59. The van der Waals surface area contributed by atoms with Crippen LogP contribution in [0.25, 0.3) is 10.9 Å². The zero-order chi connectivity index (χ0) is 16.8. The Morgan fingerprint density at radius 2 is 2.04 bits per heavy atom. The molecule has 0 unspecified atom stereocenters. The fourth-order valence-corrected chi connectivity index (χ4v) is 2.90. The molecule has 3 aromatic rings. The largest absolute Gasteiger partial charge is 0.361 e. The molecule has 3 rings (SSSR count). The maximum absolute atomic E-state index is 5.23. The van der Waals surface area contributed by atoms with Gasteiger partial charge in [-0.25, -0.2) is 0 Å². The Bertz CT molecular complexity index is 858. The molecular weight excluding hydrogens is 384 g/mol. The number of H-pyrrole nitrogens is 1. The van der Waals surface area contributed by atoms with E-state index in [0.29, 0.717) is 5.11 Å². The maximum Gasteiger partial charge on any atom is 0.186 e. The van der Waals surface area contributed by atoms with Crippen molar-refractivity contribution in [3.8, 4) is 0 Å². The van der Waals surface area contributed by atoms with Crippen LogP contribution < -0.4 is 10.7 Å². The molecular formula is C18H17BrN4S. The van der Waals surface area contributed by atoms with Crippen LogP contribution in [-0.4, -0.2) is 22.9 Å². The minimum atomic E-state index is 0.517. The summed E-state index contributed by atoms with van der Waals surface area (Å²) >= 11 is 8.72. The third-order valence-corrected chi connectivity index (χ3v) is 4.32. The summed E-state index contributed by atoms with van der Waals surface area (Å²) in [6.07, 6.45) is 4.60. The summed E-state index contributed by atoms with van der Waals surface area (Å²) < 4.78 is 1.04. The summed E-state index contributed by atoms with van der Waals surface area (Å²) in [6, 6.07) is 16.4. The summed E-state index contributed by atoms with van der Waals surface area (Å²) in [5.41, 5.74) is 6.21. The van der Waals surface area contributed by atoms with Crippen molar-refractivity contribution >= 4 is 50.4 Å². The van der Waals surface area contributed by atoms with Crippen molar-refractivity contribution in [1.82, 2.24) is 15.7 Å². The lowest BCUT2D eigenvalue weighted by atomic mass is 10.1. The van der Waals surface area contributed by atoms with Gasteiger partial charge in [-0.1, -0.05) is 46.3 Å². The van der Waals surface area contributed by atoms with Crippen molar-refractivity contribution in [3.63, 3.8) is 0 Å². The third kappa shape index (κ3) is 4.43. The second-order valence-electron chi connectivity index (χ2n) is 5.30. The molecule has 0 aliphatic rings. The fraction of sp³-hybridized carbons (Fsp3) is 0.111. The number of aromatic nitrogens is 1.